The zero-order valence-corrected chi connectivity index (χ0v) is 32.8. The van der Waals surface area contributed by atoms with Gasteiger partial charge in [-0.05, 0) is 68.3 Å². The summed E-state index contributed by atoms with van der Waals surface area (Å²) in [6, 6.07) is 22.4. The Kier molecular flexibility index (Phi) is 16.6. The molecule has 13 heteroatoms. The summed E-state index contributed by atoms with van der Waals surface area (Å²) in [5.41, 5.74) is 9.23. The van der Waals surface area contributed by atoms with Gasteiger partial charge >= 0.3 is 0 Å². The molecule has 1 fully saturated rings. The molecule has 4 aromatic rings. The van der Waals surface area contributed by atoms with Gasteiger partial charge in [0, 0.05) is 42.9 Å². The van der Waals surface area contributed by atoms with Crippen LogP contribution < -0.4 is 32.3 Å². The standard InChI is InChI=1S/C44H57N7O6/c1-30(57-29-32-18-8-5-9-19-32)40-44(56)46-25-15-3-2-10-23-39(52)48-37(26-31-16-6-4-7-17-31)42(54)50-38(27-33-28-47-35-21-12-11-20-34(33)35)43(55)49-36(41(53)51-40)22-13-14-24-45/h4-9,11-12,16-21,28,30,36-38,40,47H,2-3,10,13-15,22-27,29,45H2,1H3,(H,46,56)(H,48,52)(H,49,55)(H,50,54)(H,51,53)/t30-,36-,37+,38-,40-/m0/s1. The number of aromatic amines is 1. The van der Waals surface area contributed by atoms with Gasteiger partial charge in [0.1, 0.15) is 24.2 Å². The second-order valence-corrected chi connectivity index (χ2v) is 14.7. The minimum atomic E-state index is -1.13. The molecule has 1 aliphatic heterocycles. The number of nitrogens with two attached hydrogens (primary N) is 1. The molecule has 3 aromatic carbocycles. The number of carbonyl (C=O) groups excluding carboxylic acids is 5. The van der Waals surface area contributed by atoms with Crippen LogP contribution in [0.1, 0.15) is 75.0 Å². The maximum absolute atomic E-state index is 14.4. The Morgan fingerprint density at radius 1 is 0.667 bits per heavy atom. The molecule has 2 heterocycles. The van der Waals surface area contributed by atoms with Gasteiger partial charge in [0.15, 0.2) is 0 Å². The van der Waals surface area contributed by atoms with Crippen molar-refractivity contribution in [2.45, 2.75) is 108 Å². The summed E-state index contributed by atoms with van der Waals surface area (Å²) in [5, 5.41) is 15.5. The summed E-state index contributed by atoms with van der Waals surface area (Å²) < 4.78 is 6.12. The minimum absolute atomic E-state index is 0.0973. The average molecular weight is 780 g/mol. The lowest BCUT2D eigenvalue weighted by molar-refractivity contribution is -0.136. The van der Waals surface area contributed by atoms with Crippen molar-refractivity contribution in [1.29, 1.82) is 0 Å². The summed E-state index contributed by atoms with van der Waals surface area (Å²) in [6.45, 7) is 2.73. The molecule has 0 unspecified atom stereocenters. The molecule has 1 aromatic heterocycles. The summed E-state index contributed by atoms with van der Waals surface area (Å²) >= 11 is 0. The van der Waals surface area contributed by atoms with Gasteiger partial charge < -0.3 is 42.0 Å². The number of aromatic nitrogens is 1. The highest BCUT2D eigenvalue weighted by molar-refractivity contribution is 5.96. The zero-order chi connectivity index (χ0) is 40.4. The van der Waals surface area contributed by atoms with Crippen LogP contribution in [0.5, 0.6) is 0 Å². The Hall–Kier alpha value is -5.53. The summed E-state index contributed by atoms with van der Waals surface area (Å²) in [4.78, 5) is 73.0. The van der Waals surface area contributed by atoms with Gasteiger partial charge in [-0.3, -0.25) is 24.0 Å². The molecule has 5 atom stereocenters. The highest BCUT2D eigenvalue weighted by Gasteiger charge is 2.34. The number of rotatable bonds is 12. The number of para-hydroxylation sites is 1. The number of benzene rings is 3. The largest absolute Gasteiger partial charge is 0.371 e. The predicted octanol–water partition coefficient (Wildman–Crippen LogP) is 3.71. The lowest BCUT2D eigenvalue weighted by Gasteiger charge is -2.29. The summed E-state index contributed by atoms with van der Waals surface area (Å²) in [7, 11) is 0. The van der Waals surface area contributed by atoms with E-state index < -0.39 is 53.9 Å². The number of ether oxygens (including phenoxy) is 1. The molecule has 0 saturated carbocycles. The molecule has 0 bridgehead atoms. The predicted molar refractivity (Wildman–Crippen MR) is 220 cm³/mol. The Labute approximate surface area is 334 Å². The Balaban J connectivity index is 1.45. The minimum Gasteiger partial charge on any atom is -0.371 e. The van der Waals surface area contributed by atoms with Gasteiger partial charge in [0.05, 0.1) is 12.7 Å². The summed E-state index contributed by atoms with van der Waals surface area (Å²) in [5.74, 6) is -2.34. The van der Waals surface area contributed by atoms with Gasteiger partial charge in [0.2, 0.25) is 29.5 Å². The highest BCUT2D eigenvalue weighted by Crippen LogP contribution is 2.20. The third-order valence-electron chi connectivity index (χ3n) is 10.3. The van der Waals surface area contributed by atoms with Crippen LogP contribution in [-0.4, -0.2) is 77.9 Å². The fourth-order valence-electron chi connectivity index (χ4n) is 7.00. The molecule has 5 rings (SSSR count). The second kappa shape index (κ2) is 22.3. The van der Waals surface area contributed by atoms with Crippen molar-refractivity contribution >= 4 is 40.4 Å². The molecule has 304 valence electrons. The van der Waals surface area contributed by atoms with Crippen molar-refractivity contribution in [3.8, 4) is 0 Å². The molecule has 57 heavy (non-hydrogen) atoms. The number of hydrogen-bond acceptors (Lipinski definition) is 7. The van der Waals surface area contributed by atoms with Gasteiger partial charge in [-0.2, -0.15) is 0 Å². The number of amides is 5. The number of hydrogen-bond donors (Lipinski definition) is 7. The third-order valence-corrected chi connectivity index (χ3v) is 10.3. The third kappa shape index (κ3) is 13.3. The quantitative estimate of drug-likeness (QED) is 0.107. The SMILES string of the molecule is C[C@H](OCc1ccccc1)[C@@H]1NC(=O)[C@H](CCCCN)NC(=O)[C@H](Cc2c[nH]c3ccccc23)NC(=O)[C@@H](Cc2ccccc2)NC(=O)CCCCCCNC1=O. The number of carbonyl (C=O) groups is 5. The maximum Gasteiger partial charge on any atom is 0.245 e. The van der Waals surface area contributed by atoms with E-state index in [9.17, 15) is 24.0 Å². The molecule has 0 spiro atoms. The Morgan fingerprint density at radius 2 is 1.30 bits per heavy atom. The van der Waals surface area contributed by atoms with Crippen molar-refractivity contribution in [2.24, 2.45) is 5.73 Å². The van der Waals surface area contributed by atoms with Crippen molar-refractivity contribution in [2.75, 3.05) is 13.1 Å². The van der Waals surface area contributed by atoms with E-state index >= 15 is 0 Å². The van der Waals surface area contributed by atoms with Crippen LogP contribution in [0.25, 0.3) is 10.9 Å². The molecule has 5 amide bonds. The monoisotopic (exact) mass is 779 g/mol. The van der Waals surface area contributed by atoms with Crippen molar-refractivity contribution < 1.29 is 28.7 Å². The fraction of sp³-hybridized carbons (Fsp3) is 0.432. The van der Waals surface area contributed by atoms with Crippen molar-refractivity contribution in [3.05, 3.63) is 108 Å². The van der Waals surface area contributed by atoms with E-state index in [1.807, 2.05) is 84.9 Å². The number of nitrogens with one attached hydrogen (secondary N) is 6. The maximum atomic E-state index is 14.4. The first-order valence-electron chi connectivity index (χ1n) is 20.1. The molecule has 1 saturated heterocycles. The van der Waals surface area contributed by atoms with E-state index in [4.69, 9.17) is 10.5 Å². The normalized spacial score (nSPS) is 21.4. The topological polar surface area (TPSA) is 197 Å². The number of unbranched alkanes of at least 4 members (excludes halogenated alkanes) is 1. The fourth-order valence-corrected chi connectivity index (χ4v) is 7.00. The molecule has 1 aliphatic rings. The molecule has 0 aliphatic carbocycles. The van der Waals surface area contributed by atoms with Crippen LogP contribution in [0.3, 0.4) is 0 Å². The first-order chi connectivity index (χ1) is 27.7. The van der Waals surface area contributed by atoms with E-state index in [-0.39, 0.29) is 38.2 Å². The molecular formula is C44H57N7O6. The number of H-pyrrole nitrogens is 1. The second-order valence-electron chi connectivity index (χ2n) is 14.7. The van der Waals surface area contributed by atoms with E-state index in [1.165, 1.54) is 0 Å². The summed E-state index contributed by atoms with van der Waals surface area (Å²) in [6.07, 6.45) is 5.76. The van der Waals surface area contributed by atoms with Crippen LogP contribution in [0.15, 0.2) is 91.1 Å². The van der Waals surface area contributed by atoms with Crippen LogP contribution in [0.2, 0.25) is 0 Å². The first kappa shape index (κ1) is 42.6. The first-order valence-corrected chi connectivity index (χ1v) is 20.1. The van der Waals surface area contributed by atoms with Gasteiger partial charge in [-0.15, -0.1) is 0 Å². The van der Waals surface area contributed by atoms with Crippen LogP contribution in [0.4, 0.5) is 0 Å². The molecule has 8 N–H and O–H groups in total. The van der Waals surface area contributed by atoms with Crippen LogP contribution in [0, 0.1) is 0 Å². The lowest BCUT2D eigenvalue weighted by Crippen LogP contribution is -2.60. The number of fused-ring (bicyclic) bond motifs is 1. The average Bonchev–Trinajstić information content (AvgIpc) is 3.63. The molecule has 0 radical (unpaired) electrons. The smallest absolute Gasteiger partial charge is 0.245 e. The van der Waals surface area contributed by atoms with E-state index in [2.05, 4.69) is 31.6 Å². The van der Waals surface area contributed by atoms with Gasteiger partial charge in [0.25, 0.3) is 0 Å². The molecular weight excluding hydrogens is 723 g/mol. The van der Waals surface area contributed by atoms with Crippen LogP contribution >= 0.6 is 0 Å². The van der Waals surface area contributed by atoms with E-state index in [1.54, 1.807) is 13.1 Å². The van der Waals surface area contributed by atoms with Gasteiger partial charge in [-0.25, -0.2) is 0 Å². The van der Waals surface area contributed by atoms with E-state index in [0.717, 1.165) is 40.4 Å². The highest BCUT2D eigenvalue weighted by atomic mass is 16.5. The van der Waals surface area contributed by atoms with E-state index in [0.29, 0.717) is 38.8 Å². The van der Waals surface area contributed by atoms with Gasteiger partial charge in [-0.1, -0.05) is 91.7 Å². The van der Waals surface area contributed by atoms with Crippen molar-refractivity contribution in [1.82, 2.24) is 31.6 Å². The molecule has 13 nitrogen and oxygen atoms in total. The zero-order valence-electron chi connectivity index (χ0n) is 32.8. The van der Waals surface area contributed by atoms with Crippen molar-refractivity contribution in [3.63, 3.8) is 0 Å². The Bertz CT molecular complexity index is 1900. The van der Waals surface area contributed by atoms with Crippen LogP contribution in [-0.2, 0) is 48.2 Å². The Morgan fingerprint density at radius 3 is 2.04 bits per heavy atom. The lowest BCUT2D eigenvalue weighted by atomic mass is 10.0.